The second kappa shape index (κ2) is 55.0. The van der Waals surface area contributed by atoms with Gasteiger partial charge in [-0.1, -0.05) is 262 Å². The number of ether oxygens (including phenoxy) is 3. The van der Waals surface area contributed by atoms with E-state index in [0.29, 0.717) is 19.3 Å². The molecular formula is C60H108O6. The zero-order valence-corrected chi connectivity index (χ0v) is 44.0. The number of hydrogen-bond donors (Lipinski definition) is 0. The van der Waals surface area contributed by atoms with E-state index in [1.54, 1.807) is 0 Å². The molecule has 0 saturated heterocycles. The molecule has 1 atom stereocenters. The largest absolute Gasteiger partial charge is 0.462 e. The first-order valence-electron chi connectivity index (χ1n) is 28.7. The van der Waals surface area contributed by atoms with E-state index in [2.05, 4.69) is 69.4 Å². The van der Waals surface area contributed by atoms with Gasteiger partial charge in [0, 0.05) is 19.3 Å². The Morgan fingerprint density at radius 3 is 0.955 bits per heavy atom. The third-order valence-electron chi connectivity index (χ3n) is 12.6. The van der Waals surface area contributed by atoms with Crippen molar-refractivity contribution in [2.75, 3.05) is 13.2 Å². The van der Waals surface area contributed by atoms with Crippen LogP contribution in [0.3, 0.4) is 0 Å². The number of unbranched alkanes of at least 4 members (excludes halogenated alkanes) is 35. The van der Waals surface area contributed by atoms with Crippen molar-refractivity contribution < 1.29 is 28.6 Å². The SMILES string of the molecule is CC\C=C/C=C\C=C/CCCCCCCCCC(=O)OCC(COC(=O)CCCCCCCCCCCCCCCCCCC)OC(=O)CCCCCCC/C=C\CCCCCCCCC. The minimum Gasteiger partial charge on any atom is -0.462 e. The van der Waals surface area contributed by atoms with Gasteiger partial charge in [0.05, 0.1) is 0 Å². The minimum atomic E-state index is -0.780. The molecule has 0 spiro atoms. The van der Waals surface area contributed by atoms with Gasteiger partial charge in [0.2, 0.25) is 0 Å². The second-order valence-corrected chi connectivity index (χ2v) is 19.2. The number of carbonyl (C=O) groups is 3. The van der Waals surface area contributed by atoms with Crippen LogP contribution in [0.15, 0.2) is 48.6 Å². The van der Waals surface area contributed by atoms with Crippen LogP contribution >= 0.6 is 0 Å². The Morgan fingerprint density at radius 1 is 0.318 bits per heavy atom. The first-order valence-corrected chi connectivity index (χ1v) is 28.7. The molecule has 384 valence electrons. The lowest BCUT2D eigenvalue weighted by molar-refractivity contribution is -0.167. The highest BCUT2D eigenvalue weighted by molar-refractivity contribution is 5.71. The highest BCUT2D eigenvalue weighted by Gasteiger charge is 2.19. The number of esters is 3. The molecule has 0 aliphatic rings. The van der Waals surface area contributed by atoms with Crippen molar-refractivity contribution in [2.24, 2.45) is 0 Å². The van der Waals surface area contributed by atoms with Crippen molar-refractivity contribution in [3.63, 3.8) is 0 Å². The van der Waals surface area contributed by atoms with Crippen LogP contribution in [0.5, 0.6) is 0 Å². The molecule has 0 N–H and O–H groups in total. The third kappa shape index (κ3) is 52.3. The molecule has 0 aliphatic heterocycles. The van der Waals surface area contributed by atoms with E-state index in [4.69, 9.17) is 14.2 Å². The highest BCUT2D eigenvalue weighted by atomic mass is 16.6. The van der Waals surface area contributed by atoms with Crippen LogP contribution in [0.1, 0.15) is 297 Å². The van der Waals surface area contributed by atoms with Crippen LogP contribution in [0.25, 0.3) is 0 Å². The Bertz CT molecular complexity index is 1150. The lowest BCUT2D eigenvalue weighted by atomic mass is 10.0. The summed E-state index contributed by atoms with van der Waals surface area (Å²) in [6.45, 7) is 6.53. The fourth-order valence-corrected chi connectivity index (χ4v) is 8.32. The van der Waals surface area contributed by atoms with Gasteiger partial charge in [-0.3, -0.25) is 14.4 Å². The molecule has 66 heavy (non-hydrogen) atoms. The van der Waals surface area contributed by atoms with Crippen LogP contribution in [-0.4, -0.2) is 37.2 Å². The average molecular weight is 926 g/mol. The Labute approximate surface area is 409 Å². The maximum Gasteiger partial charge on any atom is 0.306 e. The zero-order chi connectivity index (χ0) is 47.9. The lowest BCUT2D eigenvalue weighted by Gasteiger charge is -2.18. The average Bonchev–Trinajstić information content (AvgIpc) is 3.31. The smallest absolute Gasteiger partial charge is 0.306 e. The summed E-state index contributed by atoms with van der Waals surface area (Å²) in [5, 5.41) is 0. The molecule has 0 saturated carbocycles. The number of allylic oxidation sites excluding steroid dienone is 8. The van der Waals surface area contributed by atoms with Gasteiger partial charge in [-0.05, 0) is 64.2 Å². The summed E-state index contributed by atoms with van der Waals surface area (Å²) in [6.07, 6.45) is 66.7. The normalized spacial score (nSPS) is 12.3. The molecule has 0 bridgehead atoms. The van der Waals surface area contributed by atoms with Gasteiger partial charge < -0.3 is 14.2 Å². The summed E-state index contributed by atoms with van der Waals surface area (Å²) in [4.78, 5) is 38.1. The van der Waals surface area contributed by atoms with E-state index in [-0.39, 0.29) is 31.1 Å². The summed E-state index contributed by atoms with van der Waals surface area (Å²) in [5.74, 6) is -0.883. The Hall–Kier alpha value is -2.63. The quantitative estimate of drug-likeness (QED) is 0.0199. The topological polar surface area (TPSA) is 78.9 Å². The van der Waals surface area contributed by atoms with E-state index in [1.807, 2.05) is 0 Å². The fourth-order valence-electron chi connectivity index (χ4n) is 8.32. The molecule has 0 aromatic heterocycles. The summed E-state index contributed by atoms with van der Waals surface area (Å²) >= 11 is 0. The molecule has 0 aliphatic carbocycles. The van der Waals surface area contributed by atoms with Crippen molar-refractivity contribution in [1.29, 1.82) is 0 Å². The van der Waals surface area contributed by atoms with Gasteiger partial charge in [-0.15, -0.1) is 0 Å². The molecule has 0 radical (unpaired) electrons. The Morgan fingerprint density at radius 2 is 0.606 bits per heavy atom. The summed E-state index contributed by atoms with van der Waals surface area (Å²) in [7, 11) is 0. The van der Waals surface area contributed by atoms with Crippen molar-refractivity contribution in [3.05, 3.63) is 48.6 Å². The number of carbonyl (C=O) groups excluding carboxylic acids is 3. The maximum atomic E-state index is 12.8. The van der Waals surface area contributed by atoms with E-state index in [1.165, 1.54) is 180 Å². The van der Waals surface area contributed by atoms with Gasteiger partial charge in [0.1, 0.15) is 13.2 Å². The third-order valence-corrected chi connectivity index (χ3v) is 12.6. The number of rotatable bonds is 52. The molecule has 6 nitrogen and oxygen atoms in total. The lowest BCUT2D eigenvalue weighted by Crippen LogP contribution is -2.30. The first-order chi connectivity index (χ1) is 32.5. The van der Waals surface area contributed by atoms with E-state index in [9.17, 15) is 14.4 Å². The first kappa shape index (κ1) is 63.4. The number of hydrogen-bond acceptors (Lipinski definition) is 6. The molecule has 0 heterocycles. The van der Waals surface area contributed by atoms with Gasteiger partial charge >= 0.3 is 17.9 Å². The van der Waals surface area contributed by atoms with Crippen molar-refractivity contribution in [3.8, 4) is 0 Å². The van der Waals surface area contributed by atoms with Crippen LogP contribution in [0.2, 0.25) is 0 Å². The Balaban J connectivity index is 4.37. The monoisotopic (exact) mass is 925 g/mol. The van der Waals surface area contributed by atoms with Crippen LogP contribution < -0.4 is 0 Å². The van der Waals surface area contributed by atoms with Gasteiger partial charge in [-0.25, -0.2) is 0 Å². The van der Waals surface area contributed by atoms with Gasteiger partial charge in [0.15, 0.2) is 6.10 Å². The summed E-state index contributed by atoms with van der Waals surface area (Å²) < 4.78 is 16.9. The standard InChI is InChI=1S/C60H108O6/c1-4-7-10-13-16-19-22-25-28-30-33-35-38-41-44-47-50-53-59(62)65-56-57(55-64-58(61)52-49-46-43-40-37-34-31-27-24-21-18-15-12-9-6-3)66-60(63)54-51-48-45-42-39-36-32-29-26-23-20-17-14-11-8-5-2/h9,12,15,18,21,24,29,32,57H,4-8,10-11,13-14,16-17,19-20,22-23,25-28,30-31,33-56H2,1-3H3/b12-9-,18-15-,24-21-,32-29-. The molecule has 0 aromatic rings. The van der Waals surface area contributed by atoms with E-state index in [0.717, 1.165) is 77.0 Å². The zero-order valence-electron chi connectivity index (χ0n) is 44.0. The van der Waals surface area contributed by atoms with Gasteiger partial charge in [0.25, 0.3) is 0 Å². The second-order valence-electron chi connectivity index (χ2n) is 19.2. The highest BCUT2D eigenvalue weighted by Crippen LogP contribution is 2.16. The fraction of sp³-hybridized carbons (Fsp3) is 0.817. The van der Waals surface area contributed by atoms with Crippen molar-refractivity contribution >= 4 is 17.9 Å². The minimum absolute atomic E-state index is 0.0773. The van der Waals surface area contributed by atoms with Gasteiger partial charge in [-0.2, -0.15) is 0 Å². The van der Waals surface area contributed by atoms with Crippen LogP contribution in [-0.2, 0) is 28.6 Å². The van der Waals surface area contributed by atoms with E-state index < -0.39 is 6.10 Å². The predicted octanol–water partition coefficient (Wildman–Crippen LogP) is 19.0. The molecule has 0 rings (SSSR count). The summed E-state index contributed by atoms with van der Waals surface area (Å²) in [6, 6.07) is 0. The predicted molar refractivity (Wildman–Crippen MR) is 284 cm³/mol. The maximum absolute atomic E-state index is 12.8. The van der Waals surface area contributed by atoms with Crippen LogP contribution in [0, 0.1) is 0 Å². The summed E-state index contributed by atoms with van der Waals surface area (Å²) in [5.41, 5.74) is 0. The van der Waals surface area contributed by atoms with Crippen LogP contribution in [0.4, 0.5) is 0 Å². The molecule has 0 aromatic carbocycles. The molecular weight excluding hydrogens is 817 g/mol. The molecule has 0 fully saturated rings. The van der Waals surface area contributed by atoms with E-state index >= 15 is 0 Å². The molecule has 0 amide bonds. The molecule has 1 unspecified atom stereocenters. The van der Waals surface area contributed by atoms with Crippen molar-refractivity contribution in [2.45, 2.75) is 303 Å². The molecule has 6 heteroatoms. The Kier molecular flexibility index (Phi) is 52.8. The van der Waals surface area contributed by atoms with Crippen molar-refractivity contribution in [1.82, 2.24) is 0 Å².